The molecule has 0 spiro atoms. The molecule has 0 aromatic carbocycles. The Kier molecular flexibility index (Phi) is 3.99. The maximum atomic E-state index is 6.00. The van der Waals surface area contributed by atoms with Crippen molar-refractivity contribution < 1.29 is 14.2 Å². The van der Waals surface area contributed by atoms with Crippen LogP contribution in [0.4, 0.5) is 0 Å². The monoisotopic (exact) mass is 200 g/mol. The summed E-state index contributed by atoms with van der Waals surface area (Å²) in [6.07, 6.45) is 1.07. The van der Waals surface area contributed by atoms with Crippen LogP contribution in [0.3, 0.4) is 0 Å². The molecule has 0 saturated carbocycles. The molecule has 1 rings (SSSR count). The maximum Gasteiger partial charge on any atom is 0.139 e. The third-order valence-electron chi connectivity index (χ3n) is 3.40. The molecule has 0 aromatic rings. The molecule has 4 heteroatoms. The van der Waals surface area contributed by atoms with E-state index in [0.29, 0.717) is 12.5 Å². The van der Waals surface area contributed by atoms with Crippen LogP contribution < -0.4 is 0 Å². The van der Waals surface area contributed by atoms with Crippen LogP contribution >= 0.6 is 0 Å². The number of hydrogen-bond acceptors (Lipinski definition) is 3. The van der Waals surface area contributed by atoms with Gasteiger partial charge in [-0.3, -0.25) is 0 Å². The highest BCUT2D eigenvalue weighted by Crippen LogP contribution is 2.38. The first kappa shape index (κ1) is 12.0. The van der Waals surface area contributed by atoms with Crippen LogP contribution in [0.1, 0.15) is 20.3 Å². The lowest BCUT2D eigenvalue weighted by molar-refractivity contribution is -0.118. The molecule has 0 N–H and O–H groups in total. The quantitative estimate of drug-likeness (QED) is 0.615. The van der Waals surface area contributed by atoms with Gasteiger partial charge in [0.1, 0.15) is 13.4 Å². The minimum absolute atomic E-state index is 0.141. The van der Waals surface area contributed by atoms with Crippen LogP contribution in [0, 0.1) is 5.92 Å². The fraction of sp³-hybridized carbons (Fsp3) is 1.00. The van der Waals surface area contributed by atoms with E-state index in [-0.39, 0.29) is 17.7 Å². The molecular weight excluding hydrogens is 179 g/mol. The average Bonchev–Trinajstić information content (AvgIpc) is 2.40. The Hall–Kier alpha value is -0.0551. The molecule has 0 radical (unpaired) electrons. The van der Waals surface area contributed by atoms with Crippen molar-refractivity contribution in [2.45, 2.75) is 38.0 Å². The molecule has 0 aromatic heterocycles. The van der Waals surface area contributed by atoms with Gasteiger partial charge in [0, 0.05) is 26.1 Å². The van der Waals surface area contributed by atoms with Gasteiger partial charge >= 0.3 is 0 Å². The summed E-state index contributed by atoms with van der Waals surface area (Å²) in [6.45, 7) is 4.90. The Bertz CT molecular complexity index is 188. The Morgan fingerprint density at radius 2 is 2.07 bits per heavy atom. The van der Waals surface area contributed by atoms with Crippen molar-refractivity contribution in [3.8, 4) is 0 Å². The number of ether oxygens (including phenoxy) is 3. The second-order valence-corrected chi connectivity index (χ2v) is 4.19. The molecule has 2 unspecified atom stereocenters. The van der Waals surface area contributed by atoms with Crippen LogP contribution in [0.5, 0.6) is 0 Å². The smallest absolute Gasteiger partial charge is 0.139 e. The van der Waals surface area contributed by atoms with E-state index in [0.717, 1.165) is 6.42 Å². The van der Waals surface area contributed by atoms with Crippen molar-refractivity contribution in [1.29, 1.82) is 0 Å². The van der Waals surface area contributed by atoms with E-state index in [9.17, 15) is 0 Å². The molecule has 0 bridgehead atoms. The Balaban J connectivity index is 2.83. The average molecular weight is 200 g/mol. The van der Waals surface area contributed by atoms with Gasteiger partial charge in [-0.15, -0.1) is 0 Å². The van der Waals surface area contributed by atoms with E-state index in [1.165, 1.54) is 0 Å². The molecule has 4 atom stereocenters. The van der Waals surface area contributed by atoms with Crippen LogP contribution in [-0.4, -0.2) is 46.4 Å². The summed E-state index contributed by atoms with van der Waals surface area (Å²) in [5.41, 5.74) is -0.248. The van der Waals surface area contributed by atoms with E-state index in [1.54, 1.807) is 14.2 Å². The van der Waals surface area contributed by atoms with E-state index in [1.807, 2.05) is 0 Å². The largest absolute Gasteiger partial charge is 0.382 e. The van der Waals surface area contributed by atoms with Gasteiger partial charge in [-0.05, 0) is 6.42 Å². The van der Waals surface area contributed by atoms with Crippen molar-refractivity contribution in [2.75, 3.05) is 20.8 Å². The third kappa shape index (κ3) is 1.83. The highest BCUT2D eigenvalue weighted by molar-refractivity contribution is 6.11. The number of methoxy groups -OCH3 is 2. The lowest BCUT2D eigenvalue weighted by Gasteiger charge is -2.32. The van der Waals surface area contributed by atoms with Gasteiger partial charge in [-0.2, -0.15) is 0 Å². The summed E-state index contributed by atoms with van der Waals surface area (Å²) in [4.78, 5) is 0. The molecule has 1 aliphatic rings. The van der Waals surface area contributed by atoms with Crippen molar-refractivity contribution in [3.63, 3.8) is 0 Å². The van der Waals surface area contributed by atoms with Crippen molar-refractivity contribution >= 4 is 7.85 Å². The van der Waals surface area contributed by atoms with Crippen LogP contribution in [0.2, 0.25) is 0 Å². The first-order valence-electron chi connectivity index (χ1n) is 5.30. The van der Waals surface area contributed by atoms with E-state index < -0.39 is 0 Å². The first-order chi connectivity index (χ1) is 6.61. The predicted octanol–water partition coefficient (Wildman–Crippen LogP) is 0.422. The van der Waals surface area contributed by atoms with Gasteiger partial charge in [0.25, 0.3) is 0 Å². The summed E-state index contributed by atoms with van der Waals surface area (Å²) < 4.78 is 16.8. The molecule has 82 valence electrons. The van der Waals surface area contributed by atoms with Gasteiger partial charge < -0.3 is 14.2 Å². The summed E-state index contributed by atoms with van der Waals surface area (Å²) >= 11 is 0. The Morgan fingerprint density at radius 1 is 1.43 bits per heavy atom. The number of rotatable bonds is 4. The van der Waals surface area contributed by atoms with Crippen LogP contribution in [0.25, 0.3) is 0 Å². The second-order valence-electron chi connectivity index (χ2n) is 4.19. The lowest BCUT2D eigenvalue weighted by atomic mass is 9.82. The summed E-state index contributed by atoms with van der Waals surface area (Å²) in [6, 6.07) is 0.245. The van der Waals surface area contributed by atoms with Gasteiger partial charge in [-0.1, -0.05) is 13.8 Å². The SMILES string of the molecule is B[C@@H]1O[C@](CC)(COC)C(OC)C1C. The number of hydrogen-bond donors (Lipinski definition) is 0. The molecule has 0 aliphatic carbocycles. The Labute approximate surface area is 87.5 Å². The molecule has 0 amide bonds. The molecular formula is C10H21BO3. The van der Waals surface area contributed by atoms with Crippen molar-refractivity contribution in [1.82, 2.24) is 0 Å². The maximum absolute atomic E-state index is 6.00. The van der Waals surface area contributed by atoms with E-state index in [4.69, 9.17) is 14.2 Å². The second kappa shape index (κ2) is 4.64. The zero-order valence-electron chi connectivity index (χ0n) is 9.87. The minimum Gasteiger partial charge on any atom is -0.382 e. The van der Waals surface area contributed by atoms with Gasteiger partial charge in [0.05, 0.1) is 12.7 Å². The lowest BCUT2D eigenvalue weighted by Crippen LogP contribution is -2.45. The first-order valence-corrected chi connectivity index (χ1v) is 5.30. The fourth-order valence-electron chi connectivity index (χ4n) is 2.45. The van der Waals surface area contributed by atoms with E-state index >= 15 is 0 Å². The Morgan fingerprint density at radius 3 is 2.50 bits per heavy atom. The minimum atomic E-state index is -0.248. The van der Waals surface area contributed by atoms with Crippen molar-refractivity contribution in [2.24, 2.45) is 5.92 Å². The predicted molar refractivity (Wildman–Crippen MR) is 58.3 cm³/mol. The normalized spacial score (nSPS) is 43.0. The molecule has 14 heavy (non-hydrogen) atoms. The van der Waals surface area contributed by atoms with Crippen LogP contribution in [-0.2, 0) is 14.2 Å². The van der Waals surface area contributed by atoms with Crippen molar-refractivity contribution in [3.05, 3.63) is 0 Å². The van der Waals surface area contributed by atoms with Crippen LogP contribution in [0.15, 0.2) is 0 Å². The van der Waals surface area contributed by atoms with Gasteiger partial charge in [0.2, 0.25) is 0 Å². The summed E-state index contributed by atoms with van der Waals surface area (Å²) in [7, 11) is 5.56. The zero-order chi connectivity index (χ0) is 10.8. The van der Waals surface area contributed by atoms with Gasteiger partial charge in [0.15, 0.2) is 0 Å². The standard InChI is InChI=1S/C10H21BO3/c1-5-10(6-12-3)8(13-4)7(2)9(11)14-10/h7-9H,5-6,11H2,1-4H3/t7?,8?,9-,10-/m1/s1. The molecule has 1 fully saturated rings. The van der Waals surface area contributed by atoms with Gasteiger partial charge in [-0.25, -0.2) is 0 Å². The highest BCUT2D eigenvalue weighted by atomic mass is 16.6. The zero-order valence-corrected chi connectivity index (χ0v) is 9.87. The fourth-order valence-corrected chi connectivity index (χ4v) is 2.45. The summed E-state index contributed by atoms with van der Waals surface area (Å²) in [5, 5.41) is 0. The third-order valence-corrected chi connectivity index (χ3v) is 3.40. The topological polar surface area (TPSA) is 27.7 Å². The molecule has 1 heterocycles. The van der Waals surface area contributed by atoms with E-state index in [2.05, 4.69) is 21.7 Å². The highest BCUT2D eigenvalue weighted by Gasteiger charge is 2.50. The molecule has 1 aliphatic heterocycles. The summed E-state index contributed by atoms with van der Waals surface area (Å²) in [5.74, 6) is 0.426. The molecule has 3 nitrogen and oxygen atoms in total. The molecule has 1 saturated heterocycles.